The van der Waals surface area contributed by atoms with Crippen LogP contribution in [0.4, 0.5) is 0 Å². The minimum Gasteiger partial charge on any atom is -0.497 e. The topological polar surface area (TPSA) is 67.9 Å². The molecule has 3 aromatic rings. The molecule has 3 aromatic carbocycles. The van der Waals surface area contributed by atoms with Crippen LogP contribution in [-0.2, 0) is 22.6 Å². The third-order valence-corrected chi connectivity index (χ3v) is 7.27. The number of nitrogens with zero attached hydrogens (tertiary/aromatic N) is 1. The molecule has 1 saturated carbocycles. The van der Waals surface area contributed by atoms with Gasteiger partial charge in [-0.05, 0) is 73.2 Å². The molecule has 2 amide bonds. The average Bonchev–Trinajstić information content (AvgIpc) is 2.94. The van der Waals surface area contributed by atoms with Gasteiger partial charge in [0.2, 0.25) is 5.91 Å². The molecule has 0 spiro atoms. The van der Waals surface area contributed by atoms with Gasteiger partial charge in [-0.25, -0.2) is 0 Å². The van der Waals surface area contributed by atoms with Crippen LogP contribution in [0.1, 0.15) is 54.4 Å². The first-order chi connectivity index (χ1) is 18.9. The molecule has 1 unspecified atom stereocenters. The van der Waals surface area contributed by atoms with E-state index in [1.807, 2.05) is 80.6 Å². The molecule has 1 fully saturated rings. The predicted octanol–water partition coefficient (Wildman–Crippen LogP) is 5.78. The van der Waals surface area contributed by atoms with Crippen LogP contribution < -0.4 is 14.8 Å². The van der Waals surface area contributed by atoms with Crippen molar-refractivity contribution in [2.24, 2.45) is 0 Å². The van der Waals surface area contributed by atoms with E-state index in [0.717, 1.165) is 47.9 Å². The SMILES string of the molecule is COc1cccc(CN(C(=O)COc2cc(C)cc(C)c2)C(Cc2ccccc2)C(=O)NC2CCCCC2)c1. The van der Waals surface area contributed by atoms with Crippen LogP contribution in [0.2, 0.25) is 0 Å². The van der Waals surface area contributed by atoms with E-state index in [4.69, 9.17) is 9.47 Å². The van der Waals surface area contributed by atoms with Crippen molar-refractivity contribution in [3.8, 4) is 11.5 Å². The highest BCUT2D eigenvalue weighted by Gasteiger charge is 2.32. The lowest BCUT2D eigenvalue weighted by molar-refractivity contribution is -0.143. The number of hydrogen-bond acceptors (Lipinski definition) is 4. The Morgan fingerprint density at radius 1 is 0.872 bits per heavy atom. The summed E-state index contributed by atoms with van der Waals surface area (Å²) in [5.74, 6) is 0.996. The second-order valence-corrected chi connectivity index (χ2v) is 10.5. The van der Waals surface area contributed by atoms with Crippen LogP contribution in [0.5, 0.6) is 11.5 Å². The standard InChI is InChI=1S/C33H40N2O4/c1-24-17-25(2)19-30(18-24)39-23-32(36)35(22-27-13-10-16-29(20-27)38-3)31(21-26-11-6-4-7-12-26)33(37)34-28-14-8-5-9-15-28/h4,6-7,10-13,16-20,28,31H,5,8-9,14-15,21-23H2,1-3H3,(H,34,37). The Morgan fingerprint density at radius 3 is 2.26 bits per heavy atom. The summed E-state index contributed by atoms with van der Waals surface area (Å²) in [4.78, 5) is 29.4. The van der Waals surface area contributed by atoms with Crippen molar-refractivity contribution in [2.45, 2.75) is 71.0 Å². The zero-order valence-corrected chi connectivity index (χ0v) is 23.3. The average molecular weight is 529 g/mol. The lowest BCUT2D eigenvalue weighted by atomic mass is 9.94. The summed E-state index contributed by atoms with van der Waals surface area (Å²) in [6, 6.07) is 22.9. The lowest BCUT2D eigenvalue weighted by Crippen LogP contribution is -2.53. The fourth-order valence-corrected chi connectivity index (χ4v) is 5.31. The highest BCUT2D eigenvalue weighted by molar-refractivity contribution is 5.88. The largest absolute Gasteiger partial charge is 0.497 e. The Balaban J connectivity index is 1.63. The number of rotatable bonds is 11. The zero-order chi connectivity index (χ0) is 27.6. The van der Waals surface area contributed by atoms with E-state index in [-0.39, 0.29) is 31.0 Å². The lowest BCUT2D eigenvalue weighted by Gasteiger charge is -2.33. The van der Waals surface area contributed by atoms with Crippen LogP contribution in [0.3, 0.4) is 0 Å². The Kier molecular flexibility index (Phi) is 10.0. The minimum atomic E-state index is -0.684. The smallest absolute Gasteiger partial charge is 0.261 e. The van der Waals surface area contributed by atoms with E-state index >= 15 is 0 Å². The van der Waals surface area contributed by atoms with Crippen molar-refractivity contribution in [1.82, 2.24) is 10.2 Å². The number of amides is 2. The third-order valence-electron chi connectivity index (χ3n) is 7.27. The van der Waals surface area contributed by atoms with Gasteiger partial charge in [0.1, 0.15) is 17.5 Å². The Bertz CT molecular complexity index is 1220. The first-order valence-corrected chi connectivity index (χ1v) is 13.9. The van der Waals surface area contributed by atoms with Crippen molar-refractivity contribution in [1.29, 1.82) is 0 Å². The van der Waals surface area contributed by atoms with Crippen molar-refractivity contribution in [2.75, 3.05) is 13.7 Å². The van der Waals surface area contributed by atoms with E-state index in [0.29, 0.717) is 17.9 Å². The molecular formula is C33H40N2O4. The van der Waals surface area contributed by atoms with Crippen LogP contribution in [0.25, 0.3) is 0 Å². The van der Waals surface area contributed by atoms with E-state index < -0.39 is 6.04 Å². The number of aryl methyl sites for hydroxylation is 2. The summed E-state index contributed by atoms with van der Waals surface area (Å²) in [6.45, 7) is 4.11. The van der Waals surface area contributed by atoms with E-state index in [2.05, 4.69) is 11.4 Å². The molecule has 0 saturated heterocycles. The van der Waals surface area contributed by atoms with Gasteiger partial charge >= 0.3 is 0 Å². The fraction of sp³-hybridized carbons (Fsp3) is 0.394. The molecule has 1 aliphatic carbocycles. The van der Waals surface area contributed by atoms with E-state index in [1.54, 1.807) is 12.0 Å². The van der Waals surface area contributed by atoms with Crippen molar-refractivity contribution in [3.63, 3.8) is 0 Å². The van der Waals surface area contributed by atoms with Crippen LogP contribution in [0.15, 0.2) is 72.8 Å². The van der Waals surface area contributed by atoms with Gasteiger partial charge in [0.15, 0.2) is 6.61 Å². The van der Waals surface area contributed by atoms with Crippen molar-refractivity contribution < 1.29 is 19.1 Å². The van der Waals surface area contributed by atoms with Gasteiger partial charge in [-0.1, -0.05) is 67.8 Å². The normalized spacial score (nSPS) is 14.3. The number of benzene rings is 3. The molecule has 39 heavy (non-hydrogen) atoms. The summed E-state index contributed by atoms with van der Waals surface area (Å²) >= 11 is 0. The number of ether oxygens (including phenoxy) is 2. The maximum Gasteiger partial charge on any atom is 0.261 e. The summed E-state index contributed by atoms with van der Waals surface area (Å²) in [5, 5.41) is 3.27. The minimum absolute atomic E-state index is 0.117. The summed E-state index contributed by atoms with van der Waals surface area (Å²) in [7, 11) is 1.62. The second-order valence-electron chi connectivity index (χ2n) is 10.5. The fourth-order valence-electron chi connectivity index (χ4n) is 5.31. The molecular weight excluding hydrogens is 488 g/mol. The second kappa shape index (κ2) is 13.8. The first-order valence-electron chi connectivity index (χ1n) is 13.9. The predicted molar refractivity (Wildman–Crippen MR) is 154 cm³/mol. The number of methoxy groups -OCH3 is 1. The number of hydrogen-bond donors (Lipinski definition) is 1. The Labute approximate surface area is 232 Å². The number of carbonyl (C=O) groups is 2. The van der Waals surface area contributed by atoms with Gasteiger partial charge in [0, 0.05) is 19.0 Å². The highest BCUT2D eigenvalue weighted by Crippen LogP contribution is 2.22. The Morgan fingerprint density at radius 2 is 1.56 bits per heavy atom. The molecule has 206 valence electrons. The number of nitrogens with one attached hydrogen (secondary N) is 1. The quantitative estimate of drug-likeness (QED) is 0.343. The molecule has 0 aromatic heterocycles. The molecule has 0 aliphatic heterocycles. The molecule has 0 bridgehead atoms. The van der Waals surface area contributed by atoms with E-state index in [1.165, 1.54) is 6.42 Å². The third kappa shape index (κ3) is 8.34. The molecule has 4 rings (SSSR count). The van der Waals surface area contributed by atoms with Crippen LogP contribution in [-0.4, -0.2) is 42.5 Å². The Hall–Kier alpha value is -3.80. The van der Waals surface area contributed by atoms with Crippen molar-refractivity contribution in [3.05, 3.63) is 95.1 Å². The molecule has 1 N–H and O–H groups in total. The van der Waals surface area contributed by atoms with Gasteiger partial charge in [-0.15, -0.1) is 0 Å². The first kappa shape index (κ1) is 28.2. The number of carbonyl (C=O) groups excluding carboxylic acids is 2. The summed E-state index contributed by atoms with van der Waals surface area (Å²) in [5.41, 5.74) is 4.02. The molecule has 0 heterocycles. The van der Waals surface area contributed by atoms with Gasteiger partial charge in [0.25, 0.3) is 5.91 Å². The van der Waals surface area contributed by atoms with Crippen LogP contribution in [0, 0.1) is 13.8 Å². The summed E-state index contributed by atoms with van der Waals surface area (Å²) in [6.07, 6.45) is 5.80. The van der Waals surface area contributed by atoms with Gasteiger partial charge in [0.05, 0.1) is 7.11 Å². The molecule has 6 nitrogen and oxygen atoms in total. The zero-order valence-electron chi connectivity index (χ0n) is 23.3. The van der Waals surface area contributed by atoms with Crippen LogP contribution >= 0.6 is 0 Å². The van der Waals surface area contributed by atoms with Crippen molar-refractivity contribution >= 4 is 11.8 Å². The molecule has 0 radical (unpaired) electrons. The van der Waals surface area contributed by atoms with Gasteiger partial charge in [-0.3, -0.25) is 9.59 Å². The monoisotopic (exact) mass is 528 g/mol. The maximum absolute atomic E-state index is 13.9. The molecule has 1 aliphatic rings. The van der Waals surface area contributed by atoms with Gasteiger partial charge < -0.3 is 19.7 Å². The molecule has 6 heteroatoms. The summed E-state index contributed by atoms with van der Waals surface area (Å²) < 4.78 is 11.4. The van der Waals surface area contributed by atoms with E-state index in [9.17, 15) is 9.59 Å². The maximum atomic E-state index is 13.9. The van der Waals surface area contributed by atoms with Gasteiger partial charge in [-0.2, -0.15) is 0 Å². The highest BCUT2D eigenvalue weighted by atomic mass is 16.5. The molecule has 1 atom stereocenters.